The number of aryl methyl sites for hydroxylation is 2. The number of rotatable bonds is 4. The summed E-state index contributed by atoms with van der Waals surface area (Å²) in [6.45, 7) is 9.90. The summed E-state index contributed by atoms with van der Waals surface area (Å²) in [7, 11) is 0. The van der Waals surface area contributed by atoms with E-state index in [1.54, 1.807) is 6.08 Å². The van der Waals surface area contributed by atoms with Crippen molar-refractivity contribution in [2.24, 2.45) is 0 Å². The fourth-order valence-electron chi connectivity index (χ4n) is 2.75. The standard InChI is InChI=1S/C22H21NO/c1-5-6-7-8-15(2)20-13-22-19(11-16(20)3)12-21(24-22)18-10-9-17(4)23-14-18/h5-14H,1H2,2-4H3/b7-6-,15-8+. The summed E-state index contributed by atoms with van der Waals surface area (Å²) >= 11 is 0. The largest absolute Gasteiger partial charge is 0.456 e. The zero-order valence-electron chi connectivity index (χ0n) is 14.3. The van der Waals surface area contributed by atoms with Crippen LogP contribution in [0.25, 0.3) is 27.9 Å². The average molecular weight is 315 g/mol. The van der Waals surface area contributed by atoms with Crippen LogP contribution in [-0.4, -0.2) is 4.98 Å². The van der Waals surface area contributed by atoms with Gasteiger partial charge < -0.3 is 4.42 Å². The molecule has 0 bridgehead atoms. The lowest BCUT2D eigenvalue weighted by molar-refractivity contribution is 0.631. The van der Waals surface area contributed by atoms with Gasteiger partial charge in [0.15, 0.2) is 0 Å². The van der Waals surface area contributed by atoms with E-state index in [2.05, 4.69) is 49.7 Å². The van der Waals surface area contributed by atoms with Crippen LogP contribution in [0.1, 0.15) is 23.7 Å². The number of fused-ring (bicyclic) bond motifs is 1. The van der Waals surface area contributed by atoms with E-state index >= 15 is 0 Å². The molecule has 0 aliphatic rings. The molecule has 2 heterocycles. The SMILES string of the molecule is C=C/C=C\C=C(/C)c1cc2oc(-c3ccc(C)nc3)cc2cc1C. The van der Waals surface area contributed by atoms with Gasteiger partial charge in [-0.3, -0.25) is 4.98 Å². The summed E-state index contributed by atoms with van der Waals surface area (Å²) in [5, 5.41) is 1.11. The van der Waals surface area contributed by atoms with Gasteiger partial charge in [-0.15, -0.1) is 0 Å². The number of hydrogen-bond acceptors (Lipinski definition) is 2. The van der Waals surface area contributed by atoms with Crippen molar-refractivity contribution in [1.29, 1.82) is 0 Å². The van der Waals surface area contributed by atoms with E-state index in [1.807, 2.05) is 37.4 Å². The van der Waals surface area contributed by atoms with Crippen LogP contribution in [-0.2, 0) is 0 Å². The molecule has 2 heteroatoms. The molecule has 3 rings (SSSR count). The Hall–Kier alpha value is -2.87. The van der Waals surface area contributed by atoms with E-state index in [9.17, 15) is 0 Å². The van der Waals surface area contributed by atoms with Crippen molar-refractivity contribution >= 4 is 16.5 Å². The van der Waals surface area contributed by atoms with Crippen LogP contribution in [0.2, 0.25) is 0 Å². The minimum absolute atomic E-state index is 0.849. The number of furan rings is 1. The van der Waals surface area contributed by atoms with Gasteiger partial charge in [0.1, 0.15) is 11.3 Å². The summed E-state index contributed by atoms with van der Waals surface area (Å²) in [4.78, 5) is 4.35. The number of hydrogen-bond donors (Lipinski definition) is 0. The second-order valence-corrected chi connectivity index (χ2v) is 5.97. The van der Waals surface area contributed by atoms with Crippen molar-refractivity contribution in [1.82, 2.24) is 4.98 Å². The Morgan fingerprint density at radius 1 is 1.12 bits per heavy atom. The number of benzene rings is 1. The molecule has 0 amide bonds. The summed E-state index contributed by atoms with van der Waals surface area (Å²) in [6, 6.07) is 10.4. The van der Waals surface area contributed by atoms with Crippen molar-refractivity contribution in [3.05, 3.63) is 84.2 Å². The lowest BCUT2D eigenvalue weighted by Gasteiger charge is -2.05. The highest BCUT2D eigenvalue weighted by atomic mass is 16.3. The highest BCUT2D eigenvalue weighted by Gasteiger charge is 2.10. The predicted molar refractivity (Wildman–Crippen MR) is 102 cm³/mol. The average Bonchev–Trinajstić information content (AvgIpc) is 2.97. The molecule has 0 N–H and O–H groups in total. The molecule has 0 radical (unpaired) electrons. The number of aromatic nitrogens is 1. The maximum atomic E-state index is 6.06. The Morgan fingerprint density at radius 2 is 1.96 bits per heavy atom. The summed E-state index contributed by atoms with van der Waals surface area (Å²) < 4.78 is 6.06. The van der Waals surface area contributed by atoms with Crippen molar-refractivity contribution in [2.75, 3.05) is 0 Å². The van der Waals surface area contributed by atoms with Gasteiger partial charge >= 0.3 is 0 Å². The molecule has 0 unspecified atom stereocenters. The molecule has 2 aromatic heterocycles. The third-order valence-corrected chi connectivity index (χ3v) is 4.08. The second kappa shape index (κ2) is 6.71. The predicted octanol–water partition coefficient (Wildman–Crippen LogP) is 6.26. The zero-order chi connectivity index (χ0) is 17.1. The fraction of sp³-hybridized carbons (Fsp3) is 0.136. The van der Waals surface area contributed by atoms with Gasteiger partial charge in [-0.25, -0.2) is 0 Å². The molecule has 0 atom stereocenters. The molecular weight excluding hydrogens is 294 g/mol. The fourth-order valence-corrected chi connectivity index (χ4v) is 2.75. The Bertz CT molecular complexity index is 940. The normalized spacial score (nSPS) is 12.2. The first-order chi connectivity index (χ1) is 11.6. The molecule has 0 aliphatic carbocycles. The Morgan fingerprint density at radius 3 is 2.67 bits per heavy atom. The molecule has 0 saturated heterocycles. The Labute approximate surface area is 142 Å². The maximum Gasteiger partial charge on any atom is 0.136 e. The van der Waals surface area contributed by atoms with Crippen molar-refractivity contribution < 1.29 is 4.42 Å². The van der Waals surface area contributed by atoms with Gasteiger partial charge in [0.25, 0.3) is 0 Å². The number of nitrogens with zero attached hydrogens (tertiary/aromatic N) is 1. The van der Waals surface area contributed by atoms with Crippen LogP contribution in [0.4, 0.5) is 0 Å². The van der Waals surface area contributed by atoms with Gasteiger partial charge in [-0.1, -0.05) is 30.9 Å². The molecule has 1 aromatic carbocycles. The molecule has 0 fully saturated rings. The first kappa shape index (κ1) is 16.0. The summed E-state index contributed by atoms with van der Waals surface area (Å²) in [6.07, 6.45) is 9.63. The monoisotopic (exact) mass is 315 g/mol. The Kier molecular flexibility index (Phi) is 4.48. The molecule has 2 nitrogen and oxygen atoms in total. The van der Waals surface area contributed by atoms with Gasteiger partial charge in [-0.2, -0.15) is 0 Å². The molecular formula is C22H21NO. The minimum atomic E-state index is 0.849. The quantitative estimate of drug-likeness (QED) is 0.531. The van der Waals surface area contributed by atoms with Crippen molar-refractivity contribution in [3.8, 4) is 11.3 Å². The van der Waals surface area contributed by atoms with E-state index < -0.39 is 0 Å². The van der Waals surface area contributed by atoms with Gasteiger partial charge in [0, 0.05) is 22.8 Å². The second-order valence-electron chi connectivity index (χ2n) is 5.97. The lowest BCUT2D eigenvalue weighted by Crippen LogP contribution is -1.85. The Balaban J connectivity index is 2.04. The minimum Gasteiger partial charge on any atom is -0.456 e. The van der Waals surface area contributed by atoms with E-state index in [-0.39, 0.29) is 0 Å². The molecule has 0 spiro atoms. The maximum absolute atomic E-state index is 6.06. The van der Waals surface area contributed by atoms with E-state index in [0.717, 1.165) is 28.0 Å². The first-order valence-electron chi connectivity index (χ1n) is 8.02. The lowest BCUT2D eigenvalue weighted by atomic mass is 9.99. The topological polar surface area (TPSA) is 26.0 Å². The van der Waals surface area contributed by atoms with Crippen molar-refractivity contribution in [3.63, 3.8) is 0 Å². The van der Waals surface area contributed by atoms with Gasteiger partial charge in [0.05, 0.1) is 0 Å². The third kappa shape index (κ3) is 3.23. The van der Waals surface area contributed by atoms with Gasteiger partial charge in [-0.05, 0) is 67.8 Å². The van der Waals surface area contributed by atoms with Crippen LogP contribution < -0.4 is 0 Å². The van der Waals surface area contributed by atoms with E-state index in [0.29, 0.717) is 0 Å². The van der Waals surface area contributed by atoms with Crippen LogP contribution in [0.15, 0.2) is 71.8 Å². The van der Waals surface area contributed by atoms with Crippen molar-refractivity contribution in [2.45, 2.75) is 20.8 Å². The summed E-state index contributed by atoms with van der Waals surface area (Å²) in [5.41, 5.74) is 6.52. The van der Waals surface area contributed by atoms with Crippen LogP contribution in [0, 0.1) is 13.8 Å². The van der Waals surface area contributed by atoms with E-state index in [4.69, 9.17) is 4.42 Å². The van der Waals surface area contributed by atoms with Crippen LogP contribution in [0.5, 0.6) is 0 Å². The molecule has 24 heavy (non-hydrogen) atoms. The summed E-state index contributed by atoms with van der Waals surface area (Å²) in [5.74, 6) is 0.849. The van der Waals surface area contributed by atoms with Gasteiger partial charge in [0.2, 0.25) is 0 Å². The van der Waals surface area contributed by atoms with E-state index in [1.165, 1.54) is 16.7 Å². The highest BCUT2D eigenvalue weighted by Crippen LogP contribution is 2.31. The van der Waals surface area contributed by atoms with Crippen LogP contribution in [0.3, 0.4) is 0 Å². The molecule has 0 aliphatic heterocycles. The number of pyridine rings is 1. The highest BCUT2D eigenvalue weighted by molar-refractivity contribution is 5.87. The van der Waals surface area contributed by atoms with Crippen LogP contribution >= 0.6 is 0 Å². The molecule has 120 valence electrons. The first-order valence-corrected chi connectivity index (χ1v) is 8.02. The number of allylic oxidation sites excluding steroid dienone is 5. The smallest absolute Gasteiger partial charge is 0.136 e. The third-order valence-electron chi connectivity index (χ3n) is 4.08. The molecule has 0 saturated carbocycles. The zero-order valence-corrected chi connectivity index (χ0v) is 14.3. The molecule has 3 aromatic rings.